The van der Waals surface area contributed by atoms with E-state index in [2.05, 4.69) is 10.2 Å². The first-order valence-corrected chi connectivity index (χ1v) is 9.76. The number of amides is 1. The molecule has 1 aromatic heterocycles. The van der Waals surface area contributed by atoms with E-state index in [1.807, 2.05) is 43.0 Å². The third-order valence-corrected chi connectivity index (χ3v) is 4.90. The van der Waals surface area contributed by atoms with Gasteiger partial charge in [0.1, 0.15) is 0 Å². The van der Waals surface area contributed by atoms with Gasteiger partial charge in [-0.3, -0.25) is 4.79 Å². The van der Waals surface area contributed by atoms with E-state index in [-0.39, 0.29) is 5.91 Å². The molecular formula is C22H23N3O4. The highest BCUT2D eigenvalue weighted by atomic mass is 16.5. The number of benzene rings is 2. The van der Waals surface area contributed by atoms with Gasteiger partial charge in [0.25, 0.3) is 5.91 Å². The second-order valence-electron chi connectivity index (χ2n) is 6.73. The molecule has 0 N–H and O–H groups in total. The van der Waals surface area contributed by atoms with Crippen LogP contribution in [-0.2, 0) is 13.0 Å². The maximum Gasteiger partial charge on any atom is 0.254 e. The summed E-state index contributed by atoms with van der Waals surface area (Å²) in [6.07, 6.45) is 2.07. The van der Waals surface area contributed by atoms with Crippen LogP contribution in [0.1, 0.15) is 35.3 Å². The molecule has 0 bridgehead atoms. The minimum Gasteiger partial charge on any atom is -0.490 e. The van der Waals surface area contributed by atoms with E-state index < -0.39 is 0 Å². The molecular weight excluding hydrogens is 370 g/mol. The molecule has 0 saturated heterocycles. The fourth-order valence-electron chi connectivity index (χ4n) is 3.51. The molecule has 1 aliphatic heterocycles. The Balaban J connectivity index is 1.53. The smallest absolute Gasteiger partial charge is 0.254 e. The van der Waals surface area contributed by atoms with Crippen molar-refractivity contribution < 1.29 is 18.7 Å². The van der Waals surface area contributed by atoms with Gasteiger partial charge in [0.15, 0.2) is 11.5 Å². The molecule has 7 nitrogen and oxygen atoms in total. The molecule has 0 atom stereocenters. The number of hydrogen-bond donors (Lipinski definition) is 0. The SMILES string of the molecule is CCOc1cc2c(cc1OCC)CN(C(=O)c1ccc(-c3nnco3)cc1)CC2. The number of fused-ring (bicyclic) bond motifs is 1. The van der Waals surface area contributed by atoms with Crippen molar-refractivity contribution in [3.8, 4) is 23.0 Å². The van der Waals surface area contributed by atoms with Gasteiger partial charge in [0.2, 0.25) is 12.3 Å². The Labute approximate surface area is 169 Å². The van der Waals surface area contributed by atoms with Crippen LogP contribution in [0.4, 0.5) is 0 Å². The van der Waals surface area contributed by atoms with E-state index in [4.69, 9.17) is 13.9 Å². The monoisotopic (exact) mass is 393 g/mol. The summed E-state index contributed by atoms with van der Waals surface area (Å²) >= 11 is 0. The van der Waals surface area contributed by atoms with Crippen LogP contribution in [0, 0.1) is 0 Å². The summed E-state index contributed by atoms with van der Waals surface area (Å²) < 4.78 is 16.6. The summed E-state index contributed by atoms with van der Waals surface area (Å²) in [4.78, 5) is 14.9. The van der Waals surface area contributed by atoms with Crippen molar-refractivity contribution in [3.63, 3.8) is 0 Å². The van der Waals surface area contributed by atoms with Gasteiger partial charge in [-0.1, -0.05) is 0 Å². The van der Waals surface area contributed by atoms with Crippen molar-refractivity contribution in [3.05, 3.63) is 59.5 Å². The largest absolute Gasteiger partial charge is 0.490 e. The average Bonchev–Trinajstić information content (AvgIpc) is 3.29. The Hall–Kier alpha value is -3.35. The molecule has 150 valence electrons. The highest BCUT2D eigenvalue weighted by Gasteiger charge is 2.24. The van der Waals surface area contributed by atoms with Crippen molar-refractivity contribution in [2.24, 2.45) is 0 Å². The average molecular weight is 393 g/mol. The number of aromatic nitrogens is 2. The molecule has 7 heteroatoms. The lowest BCUT2D eigenvalue weighted by molar-refractivity contribution is 0.0734. The summed E-state index contributed by atoms with van der Waals surface area (Å²) in [6.45, 7) is 6.27. The first-order chi connectivity index (χ1) is 14.2. The summed E-state index contributed by atoms with van der Waals surface area (Å²) in [5.41, 5.74) is 3.72. The lowest BCUT2D eigenvalue weighted by Gasteiger charge is -2.30. The molecule has 0 unspecified atom stereocenters. The Bertz CT molecular complexity index is 984. The van der Waals surface area contributed by atoms with Crippen molar-refractivity contribution in [2.75, 3.05) is 19.8 Å². The number of carbonyl (C=O) groups is 1. The molecule has 1 aliphatic rings. The Morgan fingerprint density at radius 2 is 1.76 bits per heavy atom. The predicted molar refractivity (Wildman–Crippen MR) is 107 cm³/mol. The van der Waals surface area contributed by atoms with Crippen LogP contribution in [0.25, 0.3) is 11.5 Å². The number of ether oxygens (including phenoxy) is 2. The highest BCUT2D eigenvalue weighted by Crippen LogP contribution is 2.34. The van der Waals surface area contributed by atoms with E-state index in [0.29, 0.717) is 37.8 Å². The molecule has 1 amide bonds. The van der Waals surface area contributed by atoms with Gasteiger partial charge in [-0.25, -0.2) is 0 Å². The summed E-state index contributed by atoms with van der Waals surface area (Å²) in [6, 6.07) is 11.3. The number of nitrogens with zero attached hydrogens (tertiary/aromatic N) is 3. The van der Waals surface area contributed by atoms with Crippen molar-refractivity contribution in [1.82, 2.24) is 15.1 Å². The number of hydrogen-bond acceptors (Lipinski definition) is 6. The second kappa shape index (κ2) is 8.34. The molecule has 0 aliphatic carbocycles. The molecule has 0 fully saturated rings. The van der Waals surface area contributed by atoms with Crippen LogP contribution in [-0.4, -0.2) is 40.8 Å². The van der Waals surface area contributed by atoms with Crippen LogP contribution in [0.3, 0.4) is 0 Å². The van der Waals surface area contributed by atoms with Crippen molar-refractivity contribution in [1.29, 1.82) is 0 Å². The van der Waals surface area contributed by atoms with E-state index in [0.717, 1.165) is 29.0 Å². The van der Waals surface area contributed by atoms with Gasteiger partial charge in [-0.05, 0) is 67.8 Å². The van der Waals surface area contributed by atoms with Crippen LogP contribution < -0.4 is 9.47 Å². The minimum atomic E-state index is -0.000395. The fraction of sp³-hybridized carbons (Fsp3) is 0.318. The van der Waals surface area contributed by atoms with Gasteiger partial charge in [-0.15, -0.1) is 10.2 Å². The fourth-order valence-corrected chi connectivity index (χ4v) is 3.51. The summed E-state index contributed by atoms with van der Waals surface area (Å²) in [5, 5.41) is 7.56. The molecule has 2 aromatic carbocycles. The Morgan fingerprint density at radius 3 is 2.38 bits per heavy atom. The number of rotatable bonds is 6. The van der Waals surface area contributed by atoms with Crippen molar-refractivity contribution >= 4 is 5.91 Å². The first-order valence-electron chi connectivity index (χ1n) is 9.76. The molecule has 29 heavy (non-hydrogen) atoms. The normalized spacial score (nSPS) is 13.1. The van der Waals surface area contributed by atoms with Gasteiger partial charge in [0.05, 0.1) is 13.2 Å². The molecule has 0 spiro atoms. The maximum atomic E-state index is 13.0. The Kier molecular flexibility index (Phi) is 5.46. The first kappa shape index (κ1) is 19.0. The van der Waals surface area contributed by atoms with Crippen LogP contribution in [0.15, 0.2) is 47.2 Å². The minimum absolute atomic E-state index is 0.000395. The molecule has 0 saturated carbocycles. The quantitative estimate of drug-likeness (QED) is 0.635. The topological polar surface area (TPSA) is 77.7 Å². The molecule has 2 heterocycles. The van der Waals surface area contributed by atoms with E-state index in [1.54, 1.807) is 12.1 Å². The summed E-state index contributed by atoms with van der Waals surface area (Å²) in [5.74, 6) is 1.93. The van der Waals surface area contributed by atoms with E-state index >= 15 is 0 Å². The number of carbonyl (C=O) groups excluding carboxylic acids is 1. The molecule has 0 radical (unpaired) electrons. The molecule has 4 rings (SSSR count). The second-order valence-corrected chi connectivity index (χ2v) is 6.73. The zero-order valence-electron chi connectivity index (χ0n) is 16.6. The van der Waals surface area contributed by atoms with Crippen LogP contribution in [0.2, 0.25) is 0 Å². The predicted octanol–water partition coefficient (Wildman–Crippen LogP) is 3.73. The third kappa shape index (κ3) is 3.94. The van der Waals surface area contributed by atoms with Gasteiger partial charge < -0.3 is 18.8 Å². The van der Waals surface area contributed by atoms with Gasteiger partial charge in [-0.2, -0.15) is 0 Å². The zero-order valence-corrected chi connectivity index (χ0v) is 16.6. The molecule has 3 aromatic rings. The van der Waals surface area contributed by atoms with Gasteiger partial charge >= 0.3 is 0 Å². The van der Waals surface area contributed by atoms with E-state index in [1.165, 1.54) is 12.0 Å². The van der Waals surface area contributed by atoms with Crippen molar-refractivity contribution in [2.45, 2.75) is 26.8 Å². The zero-order chi connectivity index (χ0) is 20.2. The standard InChI is InChI=1S/C22H23N3O4/c1-3-27-19-11-17-9-10-25(13-18(17)12-20(19)28-4-2)22(26)16-7-5-15(6-8-16)21-24-23-14-29-21/h5-8,11-12,14H,3-4,9-10,13H2,1-2H3. The lowest BCUT2D eigenvalue weighted by atomic mass is 9.98. The van der Waals surface area contributed by atoms with Crippen LogP contribution >= 0.6 is 0 Å². The maximum absolute atomic E-state index is 13.0. The third-order valence-electron chi connectivity index (χ3n) is 4.90. The lowest BCUT2D eigenvalue weighted by Crippen LogP contribution is -2.36. The van der Waals surface area contributed by atoms with Gasteiger partial charge in [0, 0.05) is 24.2 Å². The Morgan fingerprint density at radius 1 is 1.07 bits per heavy atom. The highest BCUT2D eigenvalue weighted by molar-refractivity contribution is 5.94. The van der Waals surface area contributed by atoms with Crippen LogP contribution in [0.5, 0.6) is 11.5 Å². The van der Waals surface area contributed by atoms with E-state index in [9.17, 15) is 4.79 Å². The summed E-state index contributed by atoms with van der Waals surface area (Å²) in [7, 11) is 0.